The molecule has 1 N–H and O–H groups in total. The lowest BCUT2D eigenvalue weighted by Gasteiger charge is -2.50. The molecule has 4 nitrogen and oxygen atoms in total. The number of hydrogen-bond acceptors (Lipinski definition) is 3. The fourth-order valence-electron chi connectivity index (χ4n) is 4.05. The minimum Gasteiger partial charge on any atom is -0.497 e. The van der Waals surface area contributed by atoms with E-state index in [2.05, 4.69) is 22.3 Å². The molecule has 3 heterocycles. The van der Waals surface area contributed by atoms with E-state index in [1.54, 1.807) is 7.11 Å². The van der Waals surface area contributed by atoms with Gasteiger partial charge < -0.3 is 15.0 Å². The number of carbonyl (C=O) groups is 1. The van der Waals surface area contributed by atoms with Crippen LogP contribution in [0.15, 0.2) is 18.2 Å². The van der Waals surface area contributed by atoms with Gasteiger partial charge in [0, 0.05) is 12.6 Å². The third kappa shape index (κ3) is 1.67. The van der Waals surface area contributed by atoms with Crippen LogP contribution in [-0.4, -0.2) is 36.5 Å². The molecule has 3 atom stereocenters. The van der Waals surface area contributed by atoms with E-state index >= 15 is 0 Å². The average Bonchev–Trinajstić information content (AvgIpc) is 2.51. The highest BCUT2D eigenvalue weighted by molar-refractivity contribution is 5.84. The molecule has 0 spiro atoms. The average molecular weight is 272 g/mol. The second-order valence-corrected chi connectivity index (χ2v) is 6.05. The van der Waals surface area contributed by atoms with Crippen molar-refractivity contribution in [1.82, 2.24) is 10.2 Å². The summed E-state index contributed by atoms with van der Waals surface area (Å²) >= 11 is 0. The highest BCUT2D eigenvalue weighted by Gasteiger charge is 2.45. The van der Waals surface area contributed by atoms with Crippen LogP contribution < -0.4 is 10.1 Å². The highest BCUT2D eigenvalue weighted by Crippen LogP contribution is 2.40. The molecule has 20 heavy (non-hydrogen) atoms. The van der Waals surface area contributed by atoms with Crippen LogP contribution in [-0.2, 0) is 11.2 Å². The van der Waals surface area contributed by atoms with Gasteiger partial charge in [-0.1, -0.05) is 6.07 Å². The zero-order valence-electron chi connectivity index (χ0n) is 11.8. The molecular weight excluding hydrogens is 252 g/mol. The fourth-order valence-corrected chi connectivity index (χ4v) is 4.05. The van der Waals surface area contributed by atoms with Crippen LogP contribution >= 0.6 is 0 Å². The molecular formula is C16H20N2O2. The van der Waals surface area contributed by atoms with Crippen LogP contribution in [0.3, 0.4) is 0 Å². The number of amides is 1. The molecule has 2 bridgehead atoms. The van der Waals surface area contributed by atoms with E-state index in [-0.39, 0.29) is 12.1 Å². The Morgan fingerprint density at radius 2 is 2.25 bits per heavy atom. The lowest BCUT2D eigenvalue weighted by atomic mass is 9.80. The van der Waals surface area contributed by atoms with Crippen LogP contribution in [0.2, 0.25) is 0 Å². The highest BCUT2D eigenvalue weighted by atomic mass is 16.5. The molecule has 2 fully saturated rings. The summed E-state index contributed by atoms with van der Waals surface area (Å²) in [5.74, 6) is 1.21. The molecule has 0 aromatic heterocycles. The van der Waals surface area contributed by atoms with Crippen molar-refractivity contribution in [3.63, 3.8) is 0 Å². The monoisotopic (exact) mass is 272 g/mol. The summed E-state index contributed by atoms with van der Waals surface area (Å²) in [6.45, 7) is 0.846. The summed E-state index contributed by atoms with van der Waals surface area (Å²) in [5.41, 5.74) is 2.65. The van der Waals surface area contributed by atoms with Crippen molar-refractivity contribution in [2.24, 2.45) is 0 Å². The van der Waals surface area contributed by atoms with Crippen molar-refractivity contribution in [3.8, 4) is 5.75 Å². The Morgan fingerprint density at radius 1 is 1.35 bits per heavy atom. The fraction of sp³-hybridized carbons (Fsp3) is 0.562. The van der Waals surface area contributed by atoms with Crippen molar-refractivity contribution in [2.75, 3.05) is 13.7 Å². The first-order chi connectivity index (χ1) is 9.78. The number of nitrogens with zero attached hydrogens (tertiary/aromatic N) is 1. The van der Waals surface area contributed by atoms with Gasteiger partial charge in [0.15, 0.2) is 0 Å². The van der Waals surface area contributed by atoms with Gasteiger partial charge in [0.05, 0.1) is 19.2 Å². The number of rotatable bonds is 1. The minimum absolute atomic E-state index is 0.0600. The van der Waals surface area contributed by atoms with Crippen molar-refractivity contribution in [1.29, 1.82) is 0 Å². The lowest BCUT2D eigenvalue weighted by Crippen LogP contribution is -2.64. The van der Waals surface area contributed by atoms with Crippen molar-refractivity contribution < 1.29 is 9.53 Å². The molecule has 3 unspecified atom stereocenters. The lowest BCUT2D eigenvalue weighted by molar-refractivity contribution is -0.143. The van der Waals surface area contributed by atoms with E-state index in [1.165, 1.54) is 11.1 Å². The zero-order chi connectivity index (χ0) is 13.7. The molecule has 0 radical (unpaired) electrons. The van der Waals surface area contributed by atoms with E-state index in [9.17, 15) is 4.79 Å². The molecule has 3 aliphatic rings. The van der Waals surface area contributed by atoms with Crippen LogP contribution in [0.5, 0.6) is 5.75 Å². The quantitative estimate of drug-likeness (QED) is 0.845. The molecule has 106 valence electrons. The largest absolute Gasteiger partial charge is 0.497 e. The van der Waals surface area contributed by atoms with Crippen LogP contribution in [0, 0.1) is 0 Å². The Balaban J connectivity index is 1.76. The number of methoxy groups -OCH3 is 1. The Bertz CT molecular complexity index is 557. The summed E-state index contributed by atoms with van der Waals surface area (Å²) in [7, 11) is 1.70. The minimum atomic E-state index is 0.0600. The number of benzene rings is 1. The maximum absolute atomic E-state index is 12.5. The number of piperazine rings is 1. The molecule has 1 aromatic rings. The van der Waals surface area contributed by atoms with Gasteiger partial charge in [0.2, 0.25) is 5.91 Å². The standard InChI is InChI=1S/C16H20N2O2/c1-20-11-5-6-12-10(9-11)7-8-18-15(12)13-3-2-4-14(17-13)16(18)19/h5-6,9,13-15,17H,2-4,7-8H2,1H3. The maximum atomic E-state index is 12.5. The van der Waals surface area contributed by atoms with Gasteiger partial charge in [-0.3, -0.25) is 4.79 Å². The van der Waals surface area contributed by atoms with Gasteiger partial charge >= 0.3 is 0 Å². The third-order valence-electron chi connectivity index (χ3n) is 5.01. The predicted molar refractivity (Wildman–Crippen MR) is 75.7 cm³/mol. The molecule has 0 saturated carbocycles. The Labute approximate surface area is 119 Å². The Hall–Kier alpha value is -1.55. The molecule has 0 aliphatic carbocycles. The van der Waals surface area contributed by atoms with E-state index in [4.69, 9.17) is 4.74 Å². The van der Waals surface area contributed by atoms with Crippen molar-refractivity contribution in [2.45, 2.75) is 43.8 Å². The van der Waals surface area contributed by atoms with Gasteiger partial charge in [0.25, 0.3) is 0 Å². The summed E-state index contributed by atoms with van der Waals surface area (Å²) in [5, 5.41) is 3.55. The zero-order valence-corrected chi connectivity index (χ0v) is 11.8. The summed E-state index contributed by atoms with van der Waals surface area (Å²) in [6.07, 6.45) is 4.25. The van der Waals surface area contributed by atoms with E-state index in [0.29, 0.717) is 11.9 Å². The van der Waals surface area contributed by atoms with Gasteiger partial charge in [-0.05, 0) is 48.9 Å². The van der Waals surface area contributed by atoms with Gasteiger partial charge in [-0.15, -0.1) is 0 Å². The van der Waals surface area contributed by atoms with Crippen molar-refractivity contribution in [3.05, 3.63) is 29.3 Å². The molecule has 4 rings (SSSR count). The van der Waals surface area contributed by atoms with Crippen LogP contribution in [0.25, 0.3) is 0 Å². The van der Waals surface area contributed by atoms with Gasteiger partial charge in [0.1, 0.15) is 5.75 Å². The second-order valence-electron chi connectivity index (χ2n) is 6.05. The van der Waals surface area contributed by atoms with Gasteiger partial charge in [-0.2, -0.15) is 0 Å². The molecule has 1 amide bonds. The summed E-state index contributed by atoms with van der Waals surface area (Å²) < 4.78 is 5.32. The smallest absolute Gasteiger partial charge is 0.240 e. The number of ether oxygens (including phenoxy) is 1. The van der Waals surface area contributed by atoms with Crippen molar-refractivity contribution >= 4 is 5.91 Å². The second kappa shape index (κ2) is 4.48. The number of piperidine rings is 1. The van der Waals surface area contributed by atoms with Gasteiger partial charge in [-0.25, -0.2) is 0 Å². The first kappa shape index (κ1) is 12.2. The first-order valence-corrected chi connectivity index (χ1v) is 7.51. The molecule has 3 aliphatic heterocycles. The Kier molecular flexibility index (Phi) is 2.74. The molecule has 1 aromatic carbocycles. The number of nitrogens with one attached hydrogen (secondary N) is 1. The summed E-state index contributed by atoms with van der Waals surface area (Å²) in [6, 6.07) is 6.99. The number of carbonyl (C=O) groups excluding carboxylic acids is 1. The Morgan fingerprint density at radius 3 is 3.10 bits per heavy atom. The number of hydrogen-bond donors (Lipinski definition) is 1. The SMILES string of the molecule is COc1ccc2c(c1)CCN1C(=O)C3CCCC(N3)C21. The number of fused-ring (bicyclic) bond motifs is 6. The topological polar surface area (TPSA) is 41.6 Å². The normalized spacial score (nSPS) is 31.6. The molecule has 2 saturated heterocycles. The van der Waals surface area contributed by atoms with Crippen LogP contribution in [0.4, 0.5) is 0 Å². The summed E-state index contributed by atoms with van der Waals surface area (Å²) in [4.78, 5) is 14.7. The maximum Gasteiger partial charge on any atom is 0.240 e. The van der Waals surface area contributed by atoms with E-state index < -0.39 is 0 Å². The predicted octanol–water partition coefficient (Wildman–Crippen LogP) is 1.65. The third-order valence-corrected chi connectivity index (χ3v) is 5.01. The van der Waals surface area contributed by atoms with E-state index in [0.717, 1.165) is 38.0 Å². The molecule has 4 heteroatoms. The first-order valence-electron chi connectivity index (χ1n) is 7.51. The van der Waals surface area contributed by atoms with E-state index in [1.807, 2.05) is 6.07 Å². The van der Waals surface area contributed by atoms with Crippen LogP contribution in [0.1, 0.15) is 36.4 Å².